The Morgan fingerprint density at radius 1 is 0.276 bits per heavy atom. The van der Waals surface area contributed by atoms with Crippen LogP contribution in [0.1, 0.15) is 0 Å². The summed E-state index contributed by atoms with van der Waals surface area (Å²) in [6, 6.07) is -0.108. The van der Waals surface area contributed by atoms with Crippen molar-refractivity contribution in [2.24, 2.45) is 0 Å². The molecule has 0 radical (unpaired) electrons. The summed E-state index contributed by atoms with van der Waals surface area (Å²) < 4.78 is 324. The molecular weight excluding hydrogens is 850 g/mol. The maximum absolute atomic E-state index is 16.2. The van der Waals surface area contributed by atoms with Crippen LogP contribution in [0.25, 0.3) is 43.4 Å². The first-order valence-electron chi connectivity index (χ1n) is 14.8. The fourth-order valence-corrected chi connectivity index (χ4v) is 6.11. The van der Waals surface area contributed by atoms with Gasteiger partial charge in [0, 0.05) is 16.2 Å². The van der Waals surface area contributed by atoms with Crippen molar-refractivity contribution in [3.63, 3.8) is 0 Å². The van der Waals surface area contributed by atoms with E-state index in [1.54, 1.807) is 0 Å². The lowest BCUT2D eigenvalue weighted by Crippen LogP contribution is -2.46. The van der Waals surface area contributed by atoms with Gasteiger partial charge in [-0.15, -0.1) is 0 Å². The van der Waals surface area contributed by atoms with E-state index in [4.69, 9.17) is 4.65 Å². The van der Waals surface area contributed by atoms with Crippen LogP contribution in [-0.2, 0) is 0 Å². The predicted octanol–water partition coefficient (Wildman–Crippen LogP) is 11.0. The molecule has 0 unspecified atom stereocenters. The molecule has 0 aromatic heterocycles. The Hall–Kier alpha value is -6.23. The van der Waals surface area contributed by atoms with Crippen molar-refractivity contribution >= 4 is 44.9 Å². The van der Waals surface area contributed by atoms with Crippen LogP contribution < -0.4 is 14.8 Å². The highest BCUT2D eigenvalue weighted by Crippen LogP contribution is 2.46. The number of hydrogen-bond donors (Lipinski definition) is 0. The van der Waals surface area contributed by atoms with E-state index in [1.807, 2.05) is 0 Å². The molecule has 24 heteroatoms. The molecule has 300 valence electrons. The zero-order valence-electron chi connectivity index (χ0n) is 26.5. The SMILES string of the molecule is Fc1ccc(OB(Oc2c(F)c(F)c(F)c(F)c2-c2c(F)c(F)c(F)c(F)c2F)c2c(F)c(F)c3c(F)c(F)c4c(F)c(F)c(F)c5c(F)c(F)c2c3c45)c(F)c1F. The van der Waals surface area contributed by atoms with E-state index in [-0.39, 0.29) is 12.1 Å². The lowest BCUT2D eigenvalue weighted by atomic mass is 9.72. The quantitative estimate of drug-likeness (QED) is 0.0546. The van der Waals surface area contributed by atoms with Gasteiger partial charge in [-0.2, -0.15) is 8.78 Å². The third-order valence-electron chi connectivity index (χ3n) is 8.63. The number of halogens is 21. The first kappa shape index (κ1) is 40.0. The third kappa shape index (κ3) is 5.21. The summed E-state index contributed by atoms with van der Waals surface area (Å²) in [5.41, 5.74) is -7.94. The van der Waals surface area contributed by atoms with Crippen molar-refractivity contribution in [3.8, 4) is 22.6 Å². The van der Waals surface area contributed by atoms with Crippen molar-refractivity contribution in [3.05, 3.63) is 134 Å². The average molecular weight is 852 g/mol. The molecule has 0 heterocycles. The molecule has 7 aromatic carbocycles. The summed E-state index contributed by atoms with van der Waals surface area (Å²) in [6.07, 6.45) is 0. The Balaban J connectivity index is 1.68. The van der Waals surface area contributed by atoms with Gasteiger partial charge in [0.25, 0.3) is 0 Å². The van der Waals surface area contributed by atoms with Gasteiger partial charge in [0.05, 0.1) is 32.7 Å². The van der Waals surface area contributed by atoms with E-state index in [2.05, 4.69) is 4.65 Å². The average Bonchev–Trinajstić information content (AvgIpc) is 3.19. The lowest BCUT2D eigenvalue weighted by molar-refractivity contribution is 0.358. The second kappa shape index (κ2) is 13.4. The first-order valence-corrected chi connectivity index (χ1v) is 14.8. The standard InChI is InChI=1S/C34H2BF21O2/c36-3-1-2-4(15(38)14(3)37)57-35(58-34-12(25(48)30(53)32(55)33(34)56)11-23(46)28(51)31(54)29(52)24(11)47)13-7-5-6-9(17(40)16(7)39)21(44)27(50)22(45)10(6)19(42)18(41)8(5)20(43)26(13)49/h1-2H. The monoisotopic (exact) mass is 852 g/mol. The van der Waals surface area contributed by atoms with Gasteiger partial charge >= 0.3 is 7.12 Å². The Bertz CT molecular complexity index is 2940. The van der Waals surface area contributed by atoms with Crippen molar-refractivity contribution in [2.45, 2.75) is 0 Å². The molecule has 2 nitrogen and oxygen atoms in total. The van der Waals surface area contributed by atoms with Gasteiger partial charge in [0.1, 0.15) is 5.75 Å². The molecule has 7 rings (SSSR count). The van der Waals surface area contributed by atoms with Crippen LogP contribution >= 0.6 is 0 Å². The molecule has 0 spiro atoms. The van der Waals surface area contributed by atoms with E-state index in [0.717, 1.165) is 0 Å². The molecule has 0 atom stereocenters. The fraction of sp³-hybridized carbons (Fsp3) is 0. The predicted molar refractivity (Wildman–Crippen MR) is 154 cm³/mol. The highest BCUT2D eigenvalue weighted by molar-refractivity contribution is 6.66. The van der Waals surface area contributed by atoms with Crippen molar-refractivity contribution in [2.75, 3.05) is 0 Å². The summed E-state index contributed by atoms with van der Waals surface area (Å²) in [6.45, 7) is 0. The number of rotatable bonds is 6. The molecule has 0 aliphatic carbocycles. The van der Waals surface area contributed by atoms with Crippen LogP contribution in [0.4, 0.5) is 92.2 Å². The van der Waals surface area contributed by atoms with E-state index in [9.17, 15) is 57.1 Å². The summed E-state index contributed by atoms with van der Waals surface area (Å²) >= 11 is 0. The van der Waals surface area contributed by atoms with Gasteiger partial charge in [-0.3, -0.25) is 0 Å². The van der Waals surface area contributed by atoms with Gasteiger partial charge in [0.2, 0.25) is 23.3 Å². The molecule has 0 aliphatic heterocycles. The van der Waals surface area contributed by atoms with E-state index in [1.165, 1.54) is 0 Å². The fourth-order valence-electron chi connectivity index (χ4n) is 6.11. The molecule has 0 amide bonds. The topological polar surface area (TPSA) is 18.5 Å². The molecule has 0 aliphatic rings. The minimum absolute atomic E-state index is 0.0407. The normalized spacial score (nSPS) is 11.9. The largest absolute Gasteiger partial charge is 0.636 e. The Morgan fingerprint density at radius 2 is 0.638 bits per heavy atom. The van der Waals surface area contributed by atoms with E-state index >= 15 is 35.1 Å². The zero-order chi connectivity index (χ0) is 42.9. The lowest BCUT2D eigenvalue weighted by Gasteiger charge is -2.24. The van der Waals surface area contributed by atoms with E-state index in [0.29, 0.717) is 0 Å². The Morgan fingerprint density at radius 3 is 1.14 bits per heavy atom. The molecule has 58 heavy (non-hydrogen) atoms. The first-order chi connectivity index (χ1) is 27.1. The molecule has 0 saturated carbocycles. The summed E-state index contributed by atoms with van der Waals surface area (Å²) in [4.78, 5) is 0. The molecule has 7 aromatic rings. The summed E-state index contributed by atoms with van der Waals surface area (Å²) in [5, 5.41) is -12.6. The van der Waals surface area contributed by atoms with Gasteiger partial charge < -0.3 is 9.31 Å². The number of hydrogen-bond acceptors (Lipinski definition) is 2. The van der Waals surface area contributed by atoms with E-state index < -0.39 is 190 Å². The Labute approximate surface area is 303 Å². The third-order valence-corrected chi connectivity index (χ3v) is 8.63. The maximum Gasteiger partial charge on any atom is 0.636 e. The van der Waals surface area contributed by atoms with Crippen LogP contribution in [0.2, 0.25) is 0 Å². The minimum atomic E-state index is -3.97. The molecule has 0 N–H and O–H groups in total. The second-order valence-electron chi connectivity index (χ2n) is 11.6. The molecule has 0 fully saturated rings. The Kier molecular flexibility index (Phi) is 9.26. The molecule has 0 bridgehead atoms. The molecular formula is C34H2BF21O2. The minimum Gasteiger partial charge on any atom is -0.520 e. The maximum atomic E-state index is 16.2. The van der Waals surface area contributed by atoms with Gasteiger partial charge in [-0.1, -0.05) is 0 Å². The van der Waals surface area contributed by atoms with Gasteiger partial charge in [-0.25, -0.2) is 83.4 Å². The van der Waals surface area contributed by atoms with Crippen molar-refractivity contribution in [1.29, 1.82) is 0 Å². The van der Waals surface area contributed by atoms with Crippen LogP contribution in [0, 0.1) is 122 Å². The van der Waals surface area contributed by atoms with Crippen LogP contribution in [-0.4, -0.2) is 7.12 Å². The van der Waals surface area contributed by atoms with Crippen LogP contribution in [0.5, 0.6) is 11.5 Å². The summed E-state index contributed by atoms with van der Waals surface area (Å²) in [7, 11) is -3.97. The summed E-state index contributed by atoms with van der Waals surface area (Å²) in [5.74, 6) is -65.4. The smallest absolute Gasteiger partial charge is 0.520 e. The second-order valence-corrected chi connectivity index (χ2v) is 11.6. The van der Waals surface area contributed by atoms with Crippen molar-refractivity contribution < 1.29 is 102 Å². The van der Waals surface area contributed by atoms with Crippen molar-refractivity contribution in [1.82, 2.24) is 0 Å². The van der Waals surface area contributed by atoms with Crippen LogP contribution in [0.15, 0.2) is 12.1 Å². The highest BCUT2D eigenvalue weighted by atomic mass is 19.2. The highest BCUT2D eigenvalue weighted by Gasteiger charge is 2.44. The van der Waals surface area contributed by atoms with Gasteiger partial charge in [-0.05, 0) is 12.1 Å². The zero-order valence-corrected chi connectivity index (χ0v) is 26.5. The van der Waals surface area contributed by atoms with Crippen LogP contribution in [0.3, 0.4) is 0 Å². The molecule has 0 saturated heterocycles. The van der Waals surface area contributed by atoms with Gasteiger partial charge in [0.15, 0.2) is 105 Å². The number of benzene rings is 7.